The second kappa shape index (κ2) is 9.64. The van der Waals surface area contributed by atoms with Gasteiger partial charge in [-0.15, -0.1) is 12.4 Å². The maximum atomic E-state index is 13.9. The smallest absolute Gasteiger partial charge is 0.306 e. The molecule has 0 saturated carbocycles. The zero-order valence-electron chi connectivity index (χ0n) is 12.8. The number of hydrogen-bond acceptors (Lipinski definition) is 4. The Bertz CT molecular complexity index is 478. The minimum Gasteiger partial charge on any atom is -0.493 e. The predicted octanol–water partition coefficient (Wildman–Crippen LogP) is 2.73. The molecule has 1 aromatic carbocycles. The first-order valence-corrected chi connectivity index (χ1v) is 7.46. The summed E-state index contributed by atoms with van der Waals surface area (Å²) in [5.41, 5.74) is 0.512. The van der Waals surface area contributed by atoms with Gasteiger partial charge in [-0.2, -0.15) is 0 Å². The lowest BCUT2D eigenvalue weighted by atomic mass is 10.1. The van der Waals surface area contributed by atoms with Gasteiger partial charge in [0.2, 0.25) is 0 Å². The van der Waals surface area contributed by atoms with Gasteiger partial charge in [-0.05, 0) is 37.9 Å². The molecule has 0 radical (unpaired) electrons. The molecule has 0 aliphatic carbocycles. The van der Waals surface area contributed by atoms with E-state index in [0.717, 1.165) is 19.5 Å². The van der Waals surface area contributed by atoms with Gasteiger partial charge in [0, 0.05) is 24.9 Å². The van der Waals surface area contributed by atoms with E-state index in [1.54, 1.807) is 19.1 Å². The average Bonchev–Trinajstić information content (AvgIpc) is 2.98. The Labute approximate surface area is 136 Å². The molecule has 1 aliphatic heterocycles. The van der Waals surface area contributed by atoms with Crippen molar-refractivity contribution in [3.63, 3.8) is 0 Å². The number of aryl methyl sites for hydroxylation is 1. The second-order valence-corrected chi connectivity index (χ2v) is 5.23. The Morgan fingerprint density at radius 2 is 2.27 bits per heavy atom. The van der Waals surface area contributed by atoms with Crippen LogP contribution in [0.15, 0.2) is 18.2 Å². The highest BCUT2D eigenvalue weighted by atomic mass is 35.5. The number of benzene rings is 1. The summed E-state index contributed by atoms with van der Waals surface area (Å²) in [6.45, 7) is 4.69. The molecule has 124 valence electrons. The molecule has 6 heteroatoms. The van der Waals surface area contributed by atoms with Crippen molar-refractivity contribution in [2.24, 2.45) is 5.92 Å². The molecular weight excluding hydrogens is 309 g/mol. The third-order valence-corrected chi connectivity index (χ3v) is 3.58. The van der Waals surface area contributed by atoms with E-state index < -0.39 is 0 Å². The van der Waals surface area contributed by atoms with E-state index in [1.807, 2.05) is 0 Å². The number of carbonyl (C=O) groups is 1. The van der Waals surface area contributed by atoms with Crippen molar-refractivity contribution in [2.75, 3.05) is 26.3 Å². The predicted molar refractivity (Wildman–Crippen MR) is 85.1 cm³/mol. The number of halogens is 2. The Kier molecular flexibility index (Phi) is 8.20. The van der Waals surface area contributed by atoms with E-state index in [1.165, 1.54) is 6.07 Å². The molecule has 1 heterocycles. The molecule has 0 amide bonds. The number of ether oxygens (including phenoxy) is 2. The maximum absolute atomic E-state index is 13.9. The highest BCUT2D eigenvalue weighted by molar-refractivity contribution is 5.85. The van der Waals surface area contributed by atoms with Crippen LogP contribution in [0.4, 0.5) is 4.39 Å². The van der Waals surface area contributed by atoms with Crippen LogP contribution in [0, 0.1) is 11.7 Å². The van der Waals surface area contributed by atoms with Gasteiger partial charge in [-0.1, -0.05) is 6.07 Å². The zero-order valence-corrected chi connectivity index (χ0v) is 13.6. The molecule has 1 fully saturated rings. The molecule has 1 unspecified atom stereocenters. The summed E-state index contributed by atoms with van der Waals surface area (Å²) >= 11 is 0. The molecule has 2 rings (SSSR count). The number of nitrogens with one attached hydrogen (secondary N) is 1. The van der Waals surface area contributed by atoms with Crippen LogP contribution in [-0.2, 0) is 16.0 Å². The van der Waals surface area contributed by atoms with Crippen molar-refractivity contribution in [1.29, 1.82) is 0 Å². The van der Waals surface area contributed by atoms with Crippen molar-refractivity contribution in [2.45, 2.75) is 26.2 Å². The van der Waals surface area contributed by atoms with E-state index >= 15 is 0 Å². The largest absolute Gasteiger partial charge is 0.493 e. The summed E-state index contributed by atoms with van der Waals surface area (Å²) in [7, 11) is 0. The molecule has 1 aromatic rings. The van der Waals surface area contributed by atoms with E-state index in [0.29, 0.717) is 36.9 Å². The van der Waals surface area contributed by atoms with Crippen LogP contribution >= 0.6 is 12.4 Å². The minimum atomic E-state index is -0.332. The van der Waals surface area contributed by atoms with Crippen molar-refractivity contribution in [3.8, 4) is 5.75 Å². The molecule has 0 bridgehead atoms. The summed E-state index contributed by atoms with van der Waals surface area (Å²) < 4.78 is 24.4. The van der Waals surface area contributed by atoms with Crippen LogP contribution in [0.5, 0.6) is 5.75 Å². The quantitative estimate of drug-likeness (QED) is 0.780. The van der Waals surface area contributed by atoms with Crippen LogP contribution in [-0.4, -0.2) is 32.3 Å². The van der Waals surface area contributed by atoms with Gasteiger partial charge in [0.25, 0.3) is 0 Å². The van der Waals surface area contributed by atoms with Crippen LogP contribution in [0.25, 0.3) is 0 Å². The summed E-state index contributed by atoms with van der Waals surface area (Å²) in [4.78, 5) is 11.3. The van der Waals surface area contributed by atoms with Gasteiger partial charge in [-0.25, -0.2) is 4.39 Å². The van der Waals surface area contributed by atoms with Gasteiger partial charge >= 0.3 is 5.97 Å². The third kappa shape index (κ3) is 5.81. The summed E-state index contributed by atoms with van der Waals surface area (Å²) in [6, 6.07) is 4.83. The van der Waals surface area contributed by atoms with Gasteiger partial charge in [0.15, 0.2) is 0 Å². The number of carbonyl (C=O) groups excluding carboxylic acids is 1. The van der Waals surface area contributed by atoms with Crippen LogP contribution < -0.4 is 10.1 Å². The Morgan fingerprint density at radius 1 is 1.45 bits per heavy atom. The van der Waals surface area contributed by atoms with Gasteiger partial charge < -0.3 is 14.8 Å². The van der Waals surface area contributed by atoms with Gasteiger partial charge in [-0.3, -0.25) is 4.79 Å². The SMILES string of the molecule is CCOC(=O)CCc1ccc(OCC2CCNC2)cc1F.Cl. The lowest BCUT2D eigenvalue weighted by Crippen LogP contribution is -2.15. The fourth-order valence-electron chi connectivity index (χ4n) is 2.36. The fourth-order valence-corrected chi connectivity index (χ4v) is 2.36. The molecule has 1 atom stereocenters. The zero-order chi connectivity index (χ0) is 15.1. The molecule has 1 saturated heterocycles. The van der Waals surface area contributed by atoms with E-state index in [9.17, 15) is 9.18 Å². The van der Waals surface area contributed by atoms with E-state index in [-0.39, 0.29) is 30.6 Å². The van der Waals surface area contributed by atoms with Crippen molar-refractivity contribution >= 4 is 18.4 Å². The lowest BCUT2D eigenvalue weighted by molar-refractivity contribution is -0.143. The highest BCUT2D eigenvalue weighted by Crippen LogP contribution is 2.19. The normalized spacial score (nSPS) is 16.9. The minimum absolute atomic E-state index is 0. The van der Waals surface area contributed by atoms with Crippen LogP contribution in [0.1, 0.15) is 25.3 Å². The Hall–Kier alpha value is -1.33. The first-order chi connectivity index (χ1) is 10.2. The van der Waals surface area contributed by atoms with Crippen molar-refractivity contribution < 1.29 is 18.7 Å². The molecular formula is C16H23ClFNO3. The van der Waals surface area contributed by atoms with Crippen molar-refractivity contribution in [1.82, 2.24) is 5.32 Å². The van der Waals surface area contributed by atoms with Crippen LogP contribution in [0.2, 0.25) is 0 Å². The molecule has 0 spiro atoms. The summed E-state index contributed by atoms with van der Waals surface area (Å²) in [5.74, 6) is 0.406. The summed E-state index contributed by atoms with van der Waals surface area (Å²) in [5, 5.41) is 3.27. The molecule has 22 heavy (non-hydrogen) atoms. The molecule has 1 N–H and O–H groups in total. The number of hydrogen-bond donors (Lipinski definition) is 1. The van der Waals surface area contributed by atoms with Gasteiger partial charge in [0.1, 0.15) is 11.6 Å². The molecule has 1 aliphatic rings. The fraction of sp³-hybridized carbons (Fsp3) is 0.562. The van der Waals surface area contributed by atoms with Gasteiger partial charge in [0.05, 0.1) is 13.2 Å². The number of esters is 1. The standard InChI is InChI=1S/C16H22FNO3.ClH/c1-2-20-16(19)6-4-13-3-5-14(9-15(13)17)21-11-12-7-8-18-10-12;/h3,5,9,12,18H,2,4,6-8,10-11H2,1H3;1H. The van der Waals surface area contributed by atoms with E-state index in [4.69, 9.17) is 9.47 Å². The Morgan fingerprint density at radius 3 is 2.91 bits per heavy atom. The molecule has 4 nitrogen and oxygen atoms in total. The van der Waals surface area contributed by atoms with Crippen molar-refractivity contribution in [3.05, 3.63) is 29.6 Å². The van der Waals surface area contributed by atoms with E-state index in [2.05, 4.69) is 5.32 Å². The first kappa shape index (κ1) is 18.7. The highest BCUT2D eigenvalue weighted by Gasteiger charge is 2.15. The number of rotatable bonds is 7. The first-order valence-electron chi connectivity index (χ1n) is 7.46. The second-order valence-electron chi connectivity index (χ2n) is 5.23. The Balaban J connectivity index is 0.00000242. The maximum Gasteiger partial charge on any atom is 0.306 e. The van der Waals surface area contributed by atoms with Crippen LogP contribution in [0.3, 0.4) is 0 Å². The third-order valence-electron chi connectivity index (χ3n) is 3.58. The monoisotopic (exact) mass is 331 g/mol. The average molecular weight is 332 g/mol. The molecule has 0 aromatic heterocycles. The topological polar surface area (TPSA) is 47.6 Å². The summed E-state index contributed by atoms with van der Waals surface area (Å²) in [6.07, 6.45) is 1.64. The lowest BCUT2D eigenvalue weighted by Gasteiger charge is -2.12.